The Kier molecular flexibility index (Phi) is 3.59. The summed E-state index contributed by atoms with van der Waals surface area (Å²) in [6.07, 6.45) is 7.08. The van der Waals surface area contributed by atoms with Gasteiger partial charge in [-0.2, -0.15) is 0 Å². The Hall–Kier alpha value is -0.420. The van der Waals surface area contributed by atoms with Crippen molar-refractivity contribution in [3.63, 3.8) is 0 Å². The molecule has 0 amide bonds. The molecule has 4 rings (SSSR count). The van der Waals surface area contributed by atoms with Gasteiger partial charge in [0.25, 0.3) is 0 Å². The normalized spacial score (nSPS) is 51.2. The maximum atomic E-state index is 10.8. The van der Waals surface area contributed by atoms with Crippen molar-refractivity contribution in [2.24, 2.45) is 11.3 Å². The van der Waals surface area contributed by atoms with E-state index >= 15 is 0 Å². The van der Waals surface area contributed by atoms with Crippen LogP contribution in [0.15, 0.2) is 12.2 Å². The molecule has 2 N–H and O–H groups in total. The molecule has 2 aliphatic heterocycles. The minimum absolute atomic E-state index is 0.0595. The van der Waals surface area contributed by atoms with Crippen molar-refractivity contribution in [3.8, 4) is 0 Å². The number of epoxide rings is 2. The van der Waals surface area contributed by atoms with Crippen LogP contribution in [0, 0.1) is 11.3 Å². The number of ether oxygens (including phenoxy) is 2. The highest BCUT2D eigenvalue weighted by atomic mass is 16.6. The Morgan fingerprint density at radius 1 is 1.17 bits per heavy atom. The molecule has 1 spiro atoms. The molecule has 24 heavy (non-hydrogen) atoms. The topological polar surface area (TPSA) is 65.5 Å². The van der Waals surface area contributed by atoms with Crippen LogP contribution in [0.25, 0.3) is 0 Å². The first-order chi connectivity index (χ1) is 11.2. The molecule has 4 aliphatic rings. The van der Waals surface area contributed by atoms with Crippen molar-refractivity contribution in [2.45, 2.75) is 94.7 Å². The Morgan fingerprint density at radius 2 is 1.92 bits per heavy atom. The van der Waals surface area contributed by atoms with Crippen molar-refractivity contribution in [2.75, 3.05) is 6.61 Å². The van der Waals surface area contributed by atoms with Gasteiger partial charge < -0.3 is 19.7 Å². The number of fused-ring (bicyclic) bond motifs is 1. The minimum Gasteiger partial charge on any atom is -0.393 e. The number of hydrogen-bond acceptors (Lipinski definition) is 4. The van der Waals surface area contributed by atoms with E-state index in [0.717, 1.165) is 44.9 Å². The van der Waals surface area contributed by atoms with Crippen LogP contribution in [0.3, 0.4) is 0 Å². The molecule has 2 saturated heterocycles. The Labute approximate surface area is 145 Å². The molecule has 0 bridgehead atoms. The highest BCUT2D eigenvalue weighted by Gasteiger charge is 2.77. The fourth-order valence-corrected chi connectivity index (χ4v) is 5.90. The third-order valence-corrected chi connectivity index (χ3v) is 7.55. The maximum Gasteiger partial charge on any atom is 0.120 e. The summed E-state index contributed by atoms with van der Waals surface area (Å²) in [5.41, 5.74) is -0.100. The third kappa shape index (κ3) is 2.26. The standard InChI is InChI=1S/C20H32O4/c1-13-5-6-15-19(12-21,23-15)11-16-20(24-16)14(17(2,3)22)8-10-18(20,4)9-7-13/h14-16,21-22H,1,5-12H2,2-4H3/t14-,15?,16?,18+,19?,20?/m0/s1. The number of rotatable bonds is 2. The molecule has 0 aromatic heterocycles. The van der Waals surface area contributed by atoms with Gasteiger partial charge in [-0.1, -0.05) is 19.1 Å². The largest absolute Gasteiger partial charge is 0.393 e. The summed E-state index contributed by atoms with van der Waals surface area (Å²) in [6.45, 7) is 10.5. The van der Waals surface area contributed by atoms with Gasteiger partial charge in [0.15, 0.2) is 0 Å². The summed E-state index contributed by atoms with van der Waals surface area (Å²) in [5, 5.41) is 20.7. The summed E-state index contributed by atoms with van der Waals surface area (Å²) in [4.78, 5) is 0. The van der Waals surface area contributed by atoms with E-state index in [0.29, 0.717) is 0 Å². The molecule has 136 valence electrons. The summed E-state index contributed by atoms with van der Waals surface area (Å²) in [7, 11) is 0. The average Bonchev–Trinajstić information content (AvgIpc) is 3.35. The van der Waals surface area contributed by atoms with Gasteiger partial charge in [0.2, 0.25) is 0 Å². The van der Waals surface area contributed by atoms with Gasteiger partial charge in [-0.3, -0.25) is 0 Å². The van der Waals surface area contributed by atoms with E-state index in [9.17, 15) is 10.2 Å². The third-order valence-electron chi connectivity index (χ3n) is 7.55. The number of allylic oxidation sites excluding steroid dienone is 1. The molecule has 6 atom stereocenters. The van der Waals surface area contributed by atoms with E-state index in [1.54, 1.807) is 0 Å². The average molecular weight is 336 g/mol. The number of hydrogen-bond donors (Lipinski definition) is 2. The quantitative estimate of drug-likeness (QED) is 0.601. The second-order valence-corrected chi connectivity index (χ2v) is 9.53. The molecule has 0 aromatic carbocycles. The molecule has 2 saturated carbocycles. The van der Waals surface area contributed by atoms with Gasteiger partial charge in [0, 0.05) is 12.3 Å². The van der Waals surface area contributed by atoms with E-state index in [-0.39, 0.29) is 35.7 Å². The van der Waals surface area contributed by atoms with Gasteiger partial charge in [0.1, 0.15) is 11.2 Å². The first-order valence-electron chi connectivity index (χ1n) is 9.52. The fourth-order valence-electron chi connectivity index (χ4n) is 5.90. The SMILES string of the molecule is C=C1CCC2OC2(CO)CC2OC23[C@H](C(C)(C)O)CC[C@@]3(C)CC1. The van der Waals surface area contributed by atoms with Gasteiger partial charge in [-0.25, -0.2) is 0 Å². The predicted molar refractivity (Wildman–Crippen MR) is 91.6 cm³/mol. The minimum atomic E-state index is -0.750. The van der Waals surface area contributed by atoms with Crippen molar-refractivity contribution in [1.82, 2.24) is 0 Å². The Morgan fingerprint density at radius 3 is 2.58 bits per heavy atom. The summed E-state index contributed by atoms with van der Waals surface area (Å²) >= 11 is 0. The van der Waals surface area contributed by atoms with Crippen molar-refractivity contribution >= 4 is 0 Å². The monoisotopic (exact) mass is 336 g/mol. The van der Waals surface area contributed by atoms with Crippen LogP contribution in [0.4, 0.5) is 0 Å². The molecule has 4 unspecified atom stereocenters. The van der Waals surface area contributed by atoms with E-state index in [1.165, 1.54) is 5.57 Å². The van der Waals surface area contributed by atoms with Crippen LogP contribution >= 0.6 is 0 Å². The molecule has 4 fully saturated rings. The van der Waals surface area contributed by atoms with Crippen LogP contribution in [0.5, 0.6) is 0 Å². The lowest BCUT2D eigenvalue weighted by Gasteiger charge is -2.37. The smallest absolute Gasteiger partial charge is 0.120 e. The molecule has 2 heterocycles. The molecular formula is C20H32O4. The second-order valence-electron chi connectivity index (χ2n) is 9.53. The highest BCUT2D eigenvalue weighted by Crippen LogP contribution is 2.69. The van der Waals surface area contributed by atoms with Crippen LogP contribution in [0.2, 0.25) is 0 Å². The Bertz CT molecular complexity index is 552. The lowest BCUT2D eigenvalue weighted by molar-refractivity contribution is -0.0299. The first-order valence-corrected chi connectivity index (χ1v) is 9.52. The lowest BCUT2D eigenvalue weighted by Crippen LogP contribution is -2.46. The van der Waals surface area contributed by atoms with Crippen LogP contribution in [-0.2, 0) is 9.47 Å². The number of aliphatic hydroxyl groups excluding tert-OH is 1. The molecule has 2 aliphatic carbocycles. The zero-order valence-electron chi connectivity index (χ0n) is 15.3. The van der Waals surface area contributed by atoms with Crippen molar-refractivity contribution in [3.05, 3.63) is 12.2 Å². The molecule has 4 nitrogen and oxygen atoms in total. The highest BCUT2D eigenvalue weighted by molar-refractivity contribution is 5.25. The van der Waals surface area contributed by atoms with Crippen LogP contribution < -0.4 is 0 Å². The van der Waals surface area contributed by atoms with Crippen molar-refractivity contribution < 1.29 is 19.7 Å². The lowest BCUT2D eigenvalue weighted by atomic mass is 9.67. The molecule has 0 radical (unpaired) electrons. The van der Waals surface area contributed by atoms with Gasteiger partial charge in [-0.15, -0.1) is 0 Å². The predicted octanol–water partition coefficient (Wildman–Crippen LogP) is 2.96. The van der Waals surface area contributed by atoms with E-state index in [2.05, 4.69) is 13.5 Å². The van der Waals surface area contributed by atoms with Gasteiger partial charge in [-0.05, 0) is 57.8 Å². The first kappa shape index (κ1) is 17.0. The number of aliphatic hydroxyl groups is 2. The summed E-state index contributed by atoms with van der Waals surface area (Å²) in [6, 6.07) is 0. The van der Waals surface area contributed by atoms with Crippen LogP contribution in [-0.4, -0.2) is 45.8 Å². The summed E-state index contributed by atoms with van der Waals surface area (Å²) in [5.74, 6) is 0.141. The van der Waals surface area contributed by atoms with Crippen molar-refractivity contribution in [1.29, 1.82) is 0 Å². The Balaban J connectivity index is 1.68. The fraction of sp³-hybridized carbons (Fsp3) is 0.900. The zero-order chi connectivity index (χ0) is 17.4. The second kappa shape index (κ2) is 5.06. The molecular weight excluding hydrogens is 304 g/mol. The molecule has 4 heteroatoms. The summed E-state index contributed by atoms with van der Waals surface area (Å²) < 4.78 is 12.4. The van der Waals surface area contributed by atoms with E-state index in [4.69, 9.17) is 9.47 Å². The maximum absolute atomic E-state index is 10.8. The van der Waals surface area contributed by atoms with Gasteiger partial charge in [0.05, 0.1) is 24.4 Å². The van der Waals surface area contributed by atoms with E-state index in [1.807, 2.05) is 13.8 Å². The van der Waals surface area contributed by atoms with Gasteiger partial charge >= 0.3 is 0 Å². The molecule has 0 aromatic rings. The zero-order valence-corrected chi connectivity index (χ0v) is 15.3. The van der Waals surface area contributed by atoms with E-state index < -0.39 is 11.2 Å². The van der Waals surface area contributed by atoms with Crippen LogP contribution in [0.1, 0.15) is 65.7 Å².